The summed E-state index contributed by atoms with van der Waals surface area (Å²) in [5, 5.41) is 26.1. The van der Waals surface area contributed by atoms with Crippen LogP contribution in [0.5, 0.6) is 17.2 Å². The lowest BCUT2D eigenvalue weighted by Crippen LogP contribution is -2.47. The first kappa shape index (κ1) is 41.4. The number of carbonyl (C=O) groups excluding carboxylic acids is 1. The number of carbonyl (C=O) groups is 1. The second kappa shape index (κ2) is 17.0. The Labute approximate surface area is 358 Å². The number of aromatic nitrogens is 1. The summed E-state index contributed by atoms with van der Waals surface area (Å²) < 4.78 is 35.8. The lowest BCUT2D eigenvalue weighted by atomic mass is 9.72. The maximum absolute atomic E-state index is 13.9. The molecule has 0 bridgehead atoms. The minimum absolute atomic E-state index is 0.0118. The number of hydrogen-bond donors (Lipinski definition) is 4. The van der Waals surface area contributed by atoms with Gasteiger partial charge in [0.25, 0.3) is 21.6 Å². The zero-order chi connectivity index (χ0) is 42.9. The Hall–Kier alpha value is -6.35. The average Bonchev–Trinajstić information content (AvgIpc) is 3.71. The van der Waals surface area contributed by atoms with Crippen molar-refractivity contribution in [1.82, 2.24) is 14.6 Å². The maximum atomic E-state index is 13.9. The van der Waals surface area contributed by atoms with Crippen LogP contribution in [0.3, 0.4) is 0 Å². The van der Waals surface area contributed by atoms with Gasteiger partial charge in [0.1, 0.15) is 22.9 Å². The van der Waals surface area contributed by atoms with E-state index in [4.69, 9.17) is 16.3 Å². The molecule has 5 aromatic carbocycles. The molecule has 4 N–H and O–H groups in total. The van der Waals surface area contributed by atoms with Crippen LogP contribution in [0.1, 0.15) is 49.0 Å². The van der Waals surface area contributed by atoms with Gasteiger partial charge in [-0.15, -0.1) is 0 Å². The molecule has 8 rings (SSSR count). The molecule has 2 heterocycles. The van der Waals surface area contributed by atoms with Crippen LogP contribution in [0, 0.1) is 15.5 Å². The minimum atomic E-state index is -4.60. The molecule has 1 fully saturated rings. The van der Waals surface area contributed by atoms with Gasteiger partial charge in [-0.3, -0.25) is 19.8 Å². The number of nitro groups is 1. The molecule has 1 saturated heterocycles. The van der Waals surface area contributed by atoms with Crippen LogP contribution in [-0.4, -0.2) is 67.0 Å². The molecule has 6 aromatic rings. The van der Waals surface area contributed by atoms with Gasteiger partial charge in [-0.2, -0.15) is 0 Å². The molecule has 1 amide bonds. The first-order valence-electron chi connectivity index (χ1n) is 19.9. The third-order valence-electron chi connectivity index (χ3n) is 11.3. The molecular formula is C46H45ClN6O7S. The number of hydrogen-bond acceptors (Lipinski definition) is 10. The van der Waals surface area contributed by atoms with Crippen molar-refractivity contribution in [3.8, 4) is 17.2 Å². The first-order valence-corrected chi connectivity index (χ1v) is 21.8. The van der Waals surface area contributed by atoms with Gasteiger partial charge in [0.05, 0.1) is 15.4 Å². The summed E-state index contributed by atoms with van der Waals surface area (Å²) in [4.78, 5) is 32.6. The predicted octanol–water partition coefficient (Wildman–Crippen LogP) is 9.88. The van der Waals surface area contributed by atoms with Crippen molar-refractivity contribution >= 4 is 66.8 Å². The number of nitrogens with zero attached hydrogens (tertiary/aromatic N) is 3. The highest BCUT2D eigenvalue weighted by atomic mass is 35.5. The Morgan fingerprint density at radius 2 is 1.69 bits per heavy atom. The molecule has 1 aliphatic carbocycles. The number of benzene rings is 5. The highest BCUT2D eigenvalue weighted by molar-refractivity contribution is 7.90. The number of ether oxygens (including phenoxy) is 1. The number of piperazine rings is 1. The molecule has 314 valence electrons. The maximum Gasteiger partial charge on any atom is 0.294 e. The number of anilines is 3. The number of sulfonamides is 1. The molecule has 0 radical (unpaired) electrons. The Morgan fingerprint density at radius 1 is 0.934 bits per heavy atom. The van der Waals surface area contributed by atoms with Crippen molar-refractivity contribution in [1.29, 1.82) is 0 Å². The fourth-order valence-electron chi connectivity index (χ4n) is 7.97. The molecule has 0 atom stereocenters. The quantitative estimate of drug-likeness (QED) is 0.0528. The number of aromatic amines is 1. The van der Waals surface area contributed by atoms with E-state index < -0.39 is 31.4 Å². The van der Waals surface area contributed by atoms with Crippen LogP contribution < -0.4 is 19.7 Å². The normalized spacial score (nSPS) is 15.8. The molecule has 1 aliphatic heterocycles. The van der Waals surface area contributed by atoms with Gasteiger partial charge in [-0.25, -0.2) is 13.1 Å². The predicted molar refractivity (Wildman–Crippen MR) is 239 cm³/mol. The van der Waals surface area contributed by atoms with Crippen molar-refractivity contribution in [2.45, 2.75) is 38.0 Å². The second-order valence-corrected chi connectivity index (χ2v) is 18.4. The topological polar surface area (TPSA) is 170 Å². The lowest BCUT2D eigenvalue weighted by Gasteiger charge is -2.39. The first-order chi connectivity index (χ1) is 29.2. The standard InChI is InChI=1S/C46H45ClN6O7S/c1-46(2)19-17-32(40(28-46)30-3-5-33(47)6-4-30)29-51-21-23-52(24-22-51)35-9-14-39(44(26-35)60-37-12-15-41-31(25-37)18-20-48-41)45(55)50-61(58,59)38-13-16-42(43(27-38)53(56)57)49-34-7-10-36(54)11-8-34/h3-16,18,20,25-27,48-49,54H,17,19,21-24,28-29H2,1-2H3,(H,50,55). The average molecular weight is 861 g/mol. The Morgan fingerprint density at radius 3 is 2.43 bits per heavy atom. The second-order valence-electron chi connectivity index (χ2n) is 16.2. The van der Waals surface area contributed by atoms with Gasteiger partial charge in [0, 0.05) is 78.4 Å². The molecule has 13 nitrogen and oxygen atoms in total. The summed E-state index contributed by atoms with van der Waals surface area (Å²) in [6.45, 7) is 8.62. The number of nitrogens with one attached hydrogen (secondary N) is 3. The molecule has 1 aromatic heterocycles. The summed E-state index contributed by atoms with van der Waals surface area (Å²) in [5.41, 5.74) is 5.91. The fourth-order valence-corrected chi connectivity index (χ4v) is 9.08. The molecule has 2 aliphatic rings. The van der Waals surface area contributed by atoms with Gasteiger partial charge in [0.2, 0.25) is 0 Å². The Kier molecular flexibility index (Phi) is 11.5. The highest BCUT2D eigenvalue weighted by Crippen LogP contribution is 2.43. The van der Waals surface area contributed by atoms with E-state index in [-0.39, 0.29) is 28.2 Å². The third-order valence-corrected chi connectivity index (χ3v) is 12.9. The molecule has 15 heteroatoms. The minimum Gasteiger partial charge on any atom is -0.508 e. The van der Waals surface area contributed by atoms with E-state index in [0.717, 1.165) is 79.7 Å². The van der Waals surface area contributed by atoms with Gasteiger partial charge >= 0.3 is 0 Å². The summed E-state index contributed by atoms with van der Waals surface area (Å²) in [6, 6.07) is 29.7. The Bertz CT molecular complexity index is 2760. The van der Waals surface area contributed by atoms with E-state index in [1.54, 1.807) is 18.2 Å². The van der Waals surface area contributed by atoms with Crippen molar-refractivity contribution < 1.29 is 28.0 Å². The van der Waals surface area contributed by atoms with E-state index in [9.17, 15) is 28.4 Å². The van der Waals surface area contributed by atoms with Crippen LogP contribution in [0.15, 0.2) is 126 Å². The molecule has 0 unspecified atom stereocenters. The van der Waals surface area contributed by atoms with E-state index in [0.29, 0.717) is 11.4 Å². The molecule has 0 spiro atoms. The van der Waals surface area contributed by atoms with Gasteiger partial charge in [-0.1, -0.05) is 43.2 Å². The highest BCUT2D eigenvalue weighted by Gasteiger charge is 2.30. The number of allylic oxidation sites excluding steroid dienone is 1. The lowest BCUT2D eigenvalue weighted by molar-refractivity contribution is -0.384. The fraction of sp³-hybridized carbons (Fsp3) is 0.239. The number of H-pyrrole nitrogens is 1. The van der Waals surface area contributed by atoms with Crippen LogP contribution >= 0.6 is 11.6 Å². The van der Waals surface area contributed by atoms with Crippen molar-refractivity contribution in [2.24, 2.45) is 5.41 Å². The number of phenols is 1. The van der Waals surface area contributed by atoms with Gasteiger partial charge < -0.3 is 25.0 Å². The van der Waals surface area contributed by atoms with E-state index in [1.807, 2.05) is 36.5 Å². The smallest absolute Gasteiger partial charge is 0.294 e. The van der Waals surface area contributed by atoms with E-state index in [2.05, 4.69) is 50.8 Å². The zero-order valence-electron chi connectivity index (χ0n) is 33.7. The molecular weight excluding hydrogens is 816 g/mol. The van der Waals surface area contributed by atoms with Crippen LogP contribution in [0.4, 0.5) is 22.7 Å². The van der Waals surface area contributed by atoms with E-state index >= 15 is 0 Å². The number of nitro benzene ring substituents is 1. The SMILES string of the molecule is CC1(C)CCC(CN2CCN(c3ccc(C(=O)NS(=O)(=O)c4ccc(Nc5ccc(O)cc5)c([N+](=O)[O-])c4)c(Oc4ccc5[nH]ccc5c4)c3)CC2)=C(c2ccc(Cl)cc2)C1. The third kappa shape index (κ3) is 9.51. The number of amides is 1. The number of fused-ring (bicyclic) bond motifs is 1. The number of halogens is 1. The number of aromatic hydroxyl groups is 1. The number of phenolic OH excluding ortho intramolecular Hbond substituents is 1. The van der Waals surface area contributed by atoms with Gasteiger partial charge in [0.15, 0.2) is 0 Å². The van der Waals surface area contributed by atoms with Crippen molar-refractivity contribution in [3.63, 3.8) is 0 Å². The van der Waals surface area contributed by atoms with Crippen molar-refractivity contribution in [2.75, 3.05) is 42.9 Å². The van der Waals surface area contributed by atoms with Crippen LogP contribution in [0.2, 0.25) is 5.02 Å². The molecule has 0 saturated carbocycles. The summed E-state index contributed by atoms with van der Waals surface area (Å²) in [5.74, 6) is -0.371. The largest absolute Gasteiger partial charge is 0.508 e. The van der Waals surface area contributed by atoms with Crippen LogP contribution in [0.25, 0.3) is 16.5 Å². The van der Waals surface area contributed by atoms with Gasteiger partial charge in [-0.05, 0) is 121 Å². The monoisotopic (exact) mass is 860 g/mol. The summed E-state index contributed by atoms with van der Waals surface area (Å²) in [6.07, 6.45) is 4.99. The zero-order valence-corrected chi connectivity index (χ0v) is 35.2. The number of rotatable bonds is 12. The molecule has 61 heavy (non-hydrogen) atoms. The van der Waals surface area contributed by atoms with E-state index in [1.165, 1.54) is 59.2 Å². The van der Waals surface area contributed by atoms with Crippen molar-refractivity contribution in [3.05, 3.63) is 147 Å². The summed E-state index contributed by atoms with van der Waals surface area (Å²) >= 11 is 6.24. The van der Waals surface area contributed by atoms with Crippen LogP contribution in [-0.2, 0) is 10.0 Å². The Balaban J connectivity index is 1.02. The summed E-state index contributed by atoms with van der Waals surface area (Å²) in [7, 11) is -4.60.